The third-order valence-corrected chi connectivity index (χ3v) is 4.09. The van der Waals surface area contributed by atoms with Crippen molar-refractivity contribution in [2.45, 2.75) is 25.3 Å². The zero-order valence-electron chi connectivity index (χ0n) is 13.6. The standard InChI is InChI=1S/C16H18ClN3O5/c1-19(9-8-14(22)23)13(21)7-6-12-15(24)20(16(25)18-12)11-4-2-10(17)3-5-11/h2-5,12H,6-9H2,1H3,(H,18,25)(H,22,23)/t12-/m1/s1. The van der Waals surface area contributed by atoms with Gasteiger partial charge in [-0.2, -0.15) is 0 Å². The Morgan fingerprint density at radius 3 is 2.48 bits per heavy atom. The molecule has 0 saturated carbocycles. The molecule has 1 aliphatic heterocycles. The number of nitrogens with one attached hydrogen (secondary N) is 1. The van der Waals surface area contributed by atoms with Crippen molar-refractivity contribution in [3.05, 3.63) is 29.3 Å². The van der Waals surface area contributed by atoms with Crippen molar-refractivity contribution in [1.82, 2.24) is 10.2 Å². The number of anilines is 1. The molecule has 0 spiro atoms. The summed E-state index contributed by atoms with van der Waals surface area (Å²) in [4.78, 5) is 49.2. The van der Waals surface area contributed by atoms with Crippen LogP contribution in [0.1, 0.15) is 19.3 Å². The molecule has 1 aromatic carbocycles. The van der Waals surface area contributed by atoms with E-state index in [1.165, 1.54) is 11.9 Å². The monoisotopic (exact) mass is 367 g/mol. The fraction of sp³-hybridized carbons (Fsp3) is 0.375. The topological polar surface area (TPSA) is 107 Å². The molecule has 2 rings (SSSR count). The van der Waals surface area contributed by atoms with E-state index in [-0.39, 0.29) is 31.7 Å². The highest BCUT2D eigenvalue weighted by molar-refractivity contribution is 6.30. The van der Waals surface area contributed by atoms with Crippen LogP contribution >= 0.6 is 11.6 Å². The minimum absolute atomic E-state index is 0.0290. The molecule has 8 nitrogen and oxygen atoms in total. The van der Waals surface area contributed by atoms with Gasteiger partial charge in [0.1, 0.15) is 6.04 Å². The molecule has 0 aliphatic carbocycles. The quantitative estimate of drug-likeness (QED) is 0.710. The zero-order chi connectivity index (χ0) is 18.6. The van der Waals surface area contributed by atoms with Crippen molar-refractivity contribution >= 4 is 41.1 Å². The van der Waals surface area contributed by atoms with Crippen LogP contribution in [0, 0.1) is 0 Å². The van der Waals surface area contributed by atoms with Gasteiger partial charge in [-0.1, -0.05) is 11.6 Å². The number of halogens is 1. The summed E-state index contributed by atoms with van der Waals surface area (Å²) in [5.41, 5.74) is 0.402. The largest absolute Gasteiger partial charge is 0.481 e. The van der Waals surface area contributed by atoms with Crippen molar-refractivity contribution in [3.8, 4) is 0 Å². The zero-order valence-corrected chi connectivity index (χ0v) is 14.3. The molecule has 0 bridgehead atoms. The van der Waals surface area contributed by atoms with Crippen LogP contribution in [0.3, 0.4) is 0 Å². The van der Waals surface area contributed by atoms with Gasteiger partial charge in [0.25, 0.3) is 5.91 Å². The number of hydrogen-bond acceptors (Lipinski definition) is 4. The maximum atomic E-state index is 12.4. The predicted molar refractivity (Wildman–Crippen MR) is 90.4 cm³/mol. The Kier molecular flexibility index (Phi) is 5.97. The van der Waals surface area contributed by atoms with E-state index in [0.29, 0.717) is 10.7 Å². The molecule has 0 radical (unpaired) electrons. The van der Waals surface area contributed by atoms with Gasteiger partial charge in [-0.3, -0.25) is 14.4 Å². The average molecular weight is 368 g/mol. The lowest BCUT2D eigenvalue weighted by atomic mass is 10.1. The summed E-state index contributed by atoms with van der Waals surface area (Å²) in [6.45, 7) is 0.0933. The third kappa shape index (κ3) is 4.69. The molecule has 0 aromatic heterocycles. The number of imide groups is 1. The minimum atomic E-state index is -0.989. The Hall–Kier alpha value is -2.61. The van der Waals surface area contributed by atoms with Gasteiger partial charge in [0.2, 0.25) is 5.91 Å². The fourth-order valence-electron chi connectivity index (χ4n) is 2.41. The number of carbonyl (C=O) groups excluding carboxylic acids is 3. The summed E-state index contributed by atoms with van der Waals surface area (Å²) >= 11 is 5.80. The first-order valence-electron chi connectivity index (χ1n) is 7.65. The molecule has 1 saturated heterocycles. The summed E-state index contributed by atoms with van der Waals surface area (Å²) < 4.78 is 0. The summed E-state index contributed by atoms with van der Waals surface area (Å²) in [7, 11) is 1.50. The Morgan fingerprint density at radius 2 is 1.88 bits per heavy atom. The number of carboxylic acids is 1. The second kappa shape index (κ2) is 7.98. The number of rotatable bonds is 7. The first kappa shape index (κ1) is 18.7. The number of urea groups is 1. The lowest BCUT2D eigenvalue weighted by molar-refractivity contribution is -0.138. The highest BCUT2D eigenvalue weighted by atomic mass is 35.5. The van der Waals surface area contributed by atoms with Crippen molar-refractivity contribution in [3.63, 3.8) is 0 Å². The Morgan fingerprint density at radius 1 is 1.24 bits per heavy atom. The summed E-state index contributed by atoms with van der Waals surface area (Å²) in [6.07, 6.45) is 0.0256. The lowest BCUT2D eigenvalue weighted by Gasteiger charge is -2.17. The number of benzene rings is 1. The molecule has 1 atom stereocenters. The van der Waals surface area contributed by atoms with Gasteiger partial charge in [-0.15, -0.1) is 0 Å². The highest BCUT2D eigenvalue weighted by Crippen LogP contribution is 2.23. The van der Waals surface area contributed by atoms with Gasteiger partial charge < -0.3 is 15.3 Å². The molecule has 2 N–H and O–H groups in total. The van der Waals surface area contributed by atoms with Crippen molar-refractivity contribution in [2.75, 3.05) is 18.5 Å². The van der Waals surface area contributed by atoms with Gasteiger partial charge in [0.05, 0.1) is 12.1 Å². The molecular weight excluding hydrogens is 350 g/mol. The number of carboxylic acid groups (broad SMARTS) is 1. The van der Waals surface area contributed by atoms with E-state index in [4.69, 9.17) is 16.7 Å². The van der Waals surface area contributed by atoms with Gasteiger partial charge in [-0.05, 0) is 30.7 Å². The summed E-state index contributed by atoms with van der Waals surface area (Å²) in [6, 6.07) is 4.93. The molecule has 25 heavy (non-hydrogen) atoms. The van der Waals surface area contributed by atoms with Gasteiger partial charge in [-0.25, -0.2) is 9.69 Å². The highest BCUT2D eigenvalue weighted by Gasteiger charge is 2.39. The smallest absolute Gasteiger partial charge is 0.329 e. The molecule has 0 unspecified atom stereocenters. The van der Waals surface area contributed by atoms with Crippen molar-refractivity contribution < 1.29 is 24.3 Å². The van der Waals surface area contributed by atoms with Crippen LogP contribution in [0.4, 0.5) is 10.5 Å². The Bertz CT molecular complexity index is 692. The van der Waals surface area contributed by atoms with Crippen LogP contribution in [0.15, 0.2) is 24.3 Å². The van der Waals surface area contributed by atoms with E-state index in [1.54, 1.807) is 24.3 Å². The molecule has 1 fully saturated rings. The maximum Gasteiger partial charge on any atom is 0.329 e. The average Bonchev–Trinajstić information content (AvgIpc) is 2.85. The number of amides is 4. The van der Waals surface area contributed by atoms with Crippen LogP contribution in [-0.2, 0) is 14.4 Å². The van der Waals surface area contributed by atoms with Gasteiger partial charge in [0.15, 0.2) is 0 Å². The Labute approximate surface area is 149 Å². The number of carbonyl (C=O) groups is 4. The predicted octanol–water partition coefficient (Wildman–Crippen LogP) is 1.48. The molecule has 4 amide bonds. The molecular formula is C16H18ClN3O5. The molecule has 9 heteroatoms. The van der Waals surface area contributed by atoms with E-state index in [1.807, 2.05) is 0 Å². The molecule has 1 aromatic rings. The molecule has 134 valence electrons. The lowest BCUT2D eigenvalue weighted by Crippen LogP contribution is -2.34. The van der Waals surface area contributed by atoms with Crippen molar-refractivity contribution in [2.24, 2.45) is 0 Å². The van der Waals surface area contributed by atoms with E-state index < -0.39 is 23.9 Å². The van der Waals surface area contributed by atoms with Gasteiger partial charge >= 0.3 is 12.0 Å². The summed E-state index contributed by atoms with van der Waals surface area (Å²) in [5, 5.41) is 11.7. The normalized spacial score (nSPS) is 16.7. The molecule has 1 aliphatic rings. The van der Waals surface area contributed by atoms with Crippen LogP contribution in [0.5, 0.6) is 0 Å². The number of nitrogens with zero attached hydrogens (tertiary/aromatic N) is 2. The van der Waals surface area contributed by atoms with Gasteiger partial charge in [0, 0.05) is 25.0 Å². The van der Waals surface area contributed by atoms with Crippen LogP contribution in [-0.4, -0.2) is 53.5 Å². The van der Waals surface area contributed by atoms with E-state index in [0.717, 1.165) is 4.90 Å². The fourth-order valence-corrected chi connectivity index (χ4v) is 2.53. The van der Waals surface area contributed by atoms with E-state index in [9.17, 15) is 19.2 Å². The first-order valence-corrected chi connectivity index (χ1v) is 8.03. The third-order valence-electron chi connectivity index (χ3n) is 3.84. The second-order valence-electron chi connectivity index (χ2n) is 5.65. The summed E-state index contributed by atoms with van der Waals surface area (Å²) in [5.74, 6) is -1.71. The second-order valence-corrected chi connectivity index (χ2v) is 6.09. The van der Waals surface area contributed by atoms with Crippen LogP contribution in [0.2, 0.25) is 5.02 Å². The van der Waals surface area contributed by atoms with E-state index >= 15 is 0 Å². The minimum Gasteiger partial charge on any atom is -0.481 e. The number of hydrogen-bond donors (Lipinski definition) is 2. The van der Waals surface area contributed by atoms with Crippen molar-refractivity contribution in [1.29, 1.82) is 0 Å². The number of aliphatic carboxylic acids is 1. The first-order chi connectivity index (χ1) is 11.8. The Balaban J connectivity index is 1.92. The van der Waals surface area contributed by atoms with Crippen LogP contribution < -0.4 is 10.2 Å². The molecule has 1 heterocycles. The maximum absolute atomic E-state index is 12.4. The van der Waals surface area contributed by atoms with E-state index in [2.05, 4.69) is 5.32 Å². The van der Waals surface area contributed by atoms with Crippen LogP contribution in [0.25, 0.3) is 0 Å². The SMILES string of the molecule is CN(CCC(=O)O)C(=O)CC[C@H]1NC(=O)N(c2ccc(Cl)cc2)C1=O.